The lowest BCUT2D eigenvalue weighted by molar-refractivity contribution is 0.416. The van der Waals surface area contributed by atoms with Gasteiger partial charge in [-0.3, -0.25) is 0 Å². The lowest BCUT2D eigenvalue weighted by Gasteiger charge is -2.19. The van der Waals surface area contributed by atoms with Crippen LogP contribution in [0.25, 0.3) is 21.3 Å². The zero-order valence-electron chi connectivity index (χ0n) is 17.6. The van der Waals surface area contributed by atoms with Crippen molar-refractivity contribution < 1.29 is 13.2 Å². The predicted octanol–water partition coefficient (Wildman–Crippen LogP) is 4.39. The molecule has 2 aromatic heterocycles. The van der Waals surface area contributed by atoms with Crippen LogP contribution in [0, 0.1) is 0 Å². The first-order chi connectivity index (χ1) is 14.4. The molecule has 11 heteroatoms. The van der Waals surface area contributed by atoms with E-state index in [1.54, 1.807) is 31.6 Å². The van der Waals surface area contributed by atoms with Crippen LogP contribution in [0.1, 0.15) is 13.8 Å². The van der Waals surface area contributed by atoms with Crippen LogP contribution >= 0.6 is 23.7 Å². The number of aryl methyl sites for hydroxylation is 1. The largest absolute Gasteiger partial charge is 0.495 e. The summed E-state index contributed by atoms with van der Waals surface area (Å²) in [4.78, 5) is 9.37. The number of anilines is 2. The fraction of sp³-hybridized carbons (Fsp3) is 0.300. The smallest absolute Gasteiger partial charge is 0.243 e. The summed E-state index contributed by atoms with van der Waals surface area (Å²) in [6.07, 6.45) is 1.77. The molecule has 0 radical (unpaired) electrons. The van der Waals surface area contributed by atoms with E-state index in [9.17, 15) is 8.42 Å². The topological polar surface area (TPSA) is 89.3 Å². The SMILES string of the molecule is CCN(CC)S(=O)(=O)c1ccc(OC)c(Nc2nc3c(ccc4c3ncn4C)s2)c1.Cl. The summed E-state index contributed by atoms with van der Waals surface area (Å²) in [7, 11) is -0.0893. The minimum absolute atomic E-state index is 0. The number of thiazole rings is 1. The summed E-state index contributed by atoms with van der Waals surface area (Å²) in [5.74, 6) is 0.538. The zero-order chi connectivity index (χ0) is 21.5. The Morgan fingerprint density at radius 3 is 2.58 bits per heavy atom. The van der Waals surface area contributed by atoms with Gasteiger partial charge in [-0.2, -0.15) is 4.31 Å². The lowest BCUT2D eigenvalue weighted by atomic mass is 10.3. The first kappa shape index (κ1) is 23.3. The van der Waals surface area contributed by atoms with E-state index >= 15 is 0 Å². The maximum Gasteiger partial charge on any atom is 0.243 e. The Bertz CT molecular complexity index is 1330. The maximum absolute atomic E-state index is 12.9. The van der Waals surface area contributed by atoms with Crippen molar-refractivity contribution in [2.45, 2.75) is 18.7 Å². The van der Waals surface area contributed by atoms with Crippen LogP contribution < -0.4 is 10.1 Å². The van der Waals surface area contributed by atoms with E-state index in [-0.39, 0.29) is 17.3 Å². The highest BCUT2D eigenvalue weighted by Crippen LogP contribution is 2.36. The molecular weight excluding hydrogens is 458 g/mol. The Labute approximate surface area is 191 Å². The molecule has 0 spiro atoms. The van der Waals surface area contributed by atoms with Crippen LogP contribution in [-0.4, -0.2) is 47.5 Å². The molecule has 1 N–H and O–H groups in total. The molecule has 31 heavy (non-hydrogen) atoms. The number of halogens is 1. The van der Waals surface area contributed by atoms with Crippen LogP contribution in [-0.2, 0) is 17.1 Å². The monoisotopic (exact) mass is 481 g/mol. The molecule has 0 aliphatic rings. The number of nitrogens with one attached hydrogen (secondary N) is 1. The first-order valence-electron chi connectivity index (χ1n) is 9.54. The van der Waals surface area contributed by atoms with Gasteiger partial charge in [-0.05, 0) is 30.3 Å². The van der Waals surface area contributed by atoms with Gasteiger partial charge < -0.3 is 14.6 Å². The number of hydrogen-bond donors (Lipinski definition) is 1. The second kappa shape index (κ2) is 8.99. The Hall–Kier alpha value is -2.40. The van der Waals surface area contributed by atoms with Gasteiger partial charge in [0, 0.05) is 20.1 Å². The minimum atomic E-state index is -3.58. The molecule has 0 saturated carbocycles. The summed E-state index contributed by atoms with van der Waals surface area (Å²) in [5.41, 5.74) is 3.20. The highest BCUT2D eigenvalue weighted by Gasteiger charge is 2.23. The molecule has 0 saturated heterocycles. The molecule has 0 bridgehead atoms. The van der Waals surface area contributed by atoms with Gasteiger partial charge in [0.1, 0.15) is 16.8 Å². The number of methoxy groups -OCH3 is 1. The fourth-order valence-corrected chi connectivity index (χ4v) is 5.78. The van der Waals surface area contributed by atoms with Gasteiger partial charge in [-0.25, -0.2) is 18.4 Å². The average Bonchev–Trinajstić information content (AvgIpc) is 3.31. The summed E-state index contributed by atoms with van der Waals surface area (Å²) < 4.78 is 35.7. The Morgan fingerprint density at radius 1 is 1.16 bits per heavy atom. The van der Waals surface area contributed by atoms with Crippen LogP contribution in [0.4, 0.5) is 10.8 Å². The van der Waals surface area contributed by atoms with Gasteiger partial charge >= 0.3 is 0 Å². The van der Waals surface area contributed by atoms with Crippen LogP contribution in [0.2, 0.25) is 0 Å². The zero-order valence-corrected chi connectivity index (χ0v) is 20.1. The van der Waals surface area contributed by atoms with Crippen molar-refractivity contribution in [3.8, 4) is 5.75 Å². The van der Waals surface area contributed by atoms with Gasteiger partial charge in [0.05, 0.1) is 34.2 Å². The van der Waals surface area contributed by atoms with Crippen molar-refractivity contribution in [1.82, 2.24) is 18.8 Å². The summed E-state index contributed by atoms with van der Waals surface area (Å²) >= 11 is 1.48. The van der Waals surface area contributed by atoms with Crippen LogP contribution in [0.3, 0.4) is 0 Å². The Balaban J connectivity index is 0.00000272. The van der Waals surface area contributed by atoms with Crippen LogP contribution in [0.5, 0.6) is 5.75 Å². The molecule has 0 unspecified atom stereocenters. The third-order valence-electron chi connectivity index (χ3n) is 5.01. The number of imidazole rings is 1. The van der Waals surface area contributed by atoms with Crippen LogP contribution in [0.15, 0.2) is 41.6 Å². The number of rotatable bonds is 7. The van der Waals surface area contributed by atoms with E-state index in [0.29, 0.717) is 29.7 Å². The highest BCUT2D eigenvalue weighted by molar-refractivity contribution is 7.89. The summed E-state index contributed by atoms with van der Waals surface area (Å²) in [5, 5.41) is 3.87. The lowest BCUT2D eigenvalue weighted by Crippen LogP contribution is -2.30. The number of hydrogen-bond acceptors (Lipinski definition) is 7. The van der Waals surface area contributed by atoms with Gasteiger partial charge in [-0.1, -0.05) is 25.2 Å². The molecule has 0 atom stereocenters. The van der Waals surface area contributed by atoms with E-state index in [1.165, 1.54) is 15.6 Å². The number of aromatic nitrogens is 3. The van der Waals surface area contributed by atoms with Crippen molar-refractivity contribution in [3.63, 3.8) is 0 Å². The molecule has 166 valence electrons. The average molecular weight is 482 g/mol. The molecule has 0 amide bonds. The van der Waals surface area contributed by atoms with E-state index in [2.05, 4.69) is 10.3 Å². The van der Waals surface area contributed by atoms with E-state index in [1.807, 2.05) is 37.6 Å². The molecule has 4 aromatic rings. The van der Waals surface area contributed by atoms with E-state index in [0.717, 1.165) is 21.3 Å². The minimum Gasteiger partial charge on any atom is -0.495 e. The molecular formula is C20H24ClN5O3S2. The predicted molar refractivity (Wildman–Crippen MR) is 128 cm³/mol. The Kier molecular flexibility index (Phi) is 6.75. The number of nitrogens with zero attached hydrogens (tertiary/aromatic N) is 4. The summed E-state index contributed by atoms with van der Waals surface area (Å²) in [6.45, 7) is 4.46. The van der Waals surface area contributed by atoms with Crippen molar-refractivity contribution in [3.05, 3.63) is 36.7 Å². The third-order valence-corrected chi connectivity index (χ3v) is 7.99. The van der Waals surface area contributed by atoms with Crippen molar-refractivity contribution in [2.75, 3.05) is 25.5 Å². The fourth-order valence-electron chi connectivity index (χ4n) is 3.41. The number of benzene rings is 2. The second-order valence-electron chi connectivity index (χ2n) is 6.73. The van der Waals surface area contributed by atoms with Crippen molar-refractivity contribution in [2.24, 2.45) is 7.05 Å². The maximum atomic E-state index is 12.9. The van der Waals surface area contributed by atoms with Gasteiger partial charge in [0.15, 0.2) is 5.13 Å². The first-order valence-corrected chi connectivity index (χ1v) is 11.8. The highest BCUT2D eigenvalue weighted by atomic mass is 35.5. The molecule has 2 aromatic carbocycles. The second-order valence-corrected chi connectivity index (χ2v) is 9.70. The van der Waals surface area contributed by atoms with Gasteiger partial charge in [-0.15, -0.1) is 12.4 Å². The van der Waals surface area contributed by atoms with E-state index < -0.39 is 10.0 Å². The van der Waals surface area contributed by atoms with Crippen molar-refractivity contribution in [1.29, 1.82) is 0 Å². The number of sulfonamides is 1. The number of ether oxygens (including phenoxy) is 1. The molecule has 0 fully saturated rings. The summed E-state index contributed by atoms with van der Waals surface area (Å²) in [6, 6.07) is 8.84. The Morgan fingerprint density at radius 2 is 1.90 bits per heavy atom. The molecule has 0 aliphatic heterocycles. The normalized spacial score (nSPS) is 11.8. The number of fused-ring (bicyclic) bond motifs is 3. The quantitative estimate of drug-likeness (QED) is 0.421. The standard InChI is InChI=1S/C20H23N5O3S2.ClH/c1-5-25(6-2)30(26,27)13-7-9-16(28-4)14(11-13)22-20-23-19-17(29-20)10-8-15-18(19)21-12-24(15)3;/h7-12H,5-6H2,1-4H3,(H,22,23);1H. The molecule has 4 rings (SSSR count). The van der Waals surface area contributed by atoms with Crippen molar-refractivity contribution >= 4 is 65.8 Å². The van der Waals surface area contributed by atoms with Gasteiger partial charge in [0.2, 0.25) is 10.0 Å². The van der Waals surface area contributed by atoms with Gasteiger partial charge in [0.25, 0.3) is 0 Å². The molecule has 8 nitrogen and oxygen atoms in total. The van der Waals surface area contributed by atoms with E-state index in [4.69, 9.17) is 9.72 Å². The molecule has 2 heterocycles. The third kappa shape index (κ3) is 4.08. The molecule has 0 aliphatic carbocycles.